The third-order valence-electron chi connectivity index (χ3n) is 3.81. The second-order valence-electron chi connectivity index (χ2n) is 5.34. The number of para-hydroxylation sites is 1. The molecule has 0 aliphatic rings. The van der Waals surface area contributed by atoms with E-state index in [1.807, 2.05) is 6.07 Å². The molecule has 0 aliphatic heterocycles. The molecule has 0 saturated carbocycles. The molecule has 0 fully saturated rings. The zero-order chi connectivity index (χ0) is 17.1. The van der Waals surface area contributed by atoms with E-state index in [0.717, 1.165) is 0 Å². The number of nitrogens with zero attached hydrogens (tertiary/aromatic N) is 2. The van der Waals surface area contributed by atoms with Gasteiger partial charge in [0.15, 0.2) is 5.78 Å². The molecule has 7 heteroatoms. The number of hydrogen-bond acceptors (Lipinski definition) is 4. The molecular weight excluding hydrogens is 298 g/mol. The van der Waals surface area contributed by atoms with Gasteiger partial charge in [-0.25, -0.2) is 4.68 Å². The summed E-state index contributed by atoms with van der Waals surface area (Å²) in [6.07, 6.45) is -0.223. The Labute approximate surface area is 132 Å². The largest absolute Gasteiger partial charge is 0.481 e. The molecule has 23 heavy (non-hydrogen) atoms. The van der Waals surface area contributed by atoms with E-state index >= 15 is 0 Å². The Morgan fingerprint density at radius 2 is 1.87 bits per heavy atom. The van der Waals surface area contributed by atoms with E-state index in [1.165, 1.54) is 4.68 Å². The predicted molar refractivity (Wildman–Crippen MR) is 84.9 cm³/mol. The smallest absolute Gasteiger partial charge is 0.303 e. The highest BCUT2D eigenvalue weighted by atomic mass is 16.4. The number of hydrogen-bond donors (Lipinski definition) is 2. The number of aliphatic carboxylic acids is 1. The lowest BCUT2D eigenvalue weighted by Crippen LogP contribution is -2.35. The maximum Gasteiger partial charge on any atom is 0.303 e. The molecule has 0 aliphatic carbocycles. The van der Waals surface area contributed by atoms with Gasteiger partial charge in [0.2, 0.25) is 0 Å². The fourth-order valence-corrected chi connectivity index (χ4v) is 2.45. The van der Waals surface area contributed by atoms with Crippen LogP contribution in [0.15, 0.2) is 35.1 Å². The Balaban J connectivity index is 2.43. The van der Waals surface area contributed by atoms with Crippen LogP contribution in [0.5, 0.6) is 0 Å². The lowest BCUT2D eigenvalue weighted by molar-refractivity contribution is -0.137. The summed E-state index contributed by atoms with van der Waals surface area (Å²) in [5.74, 6) is -1.56. The Morgan fingerprint density at radius 1 is 1.26 bits per heavy atom. The van der Waals surface area contributed by atoms with E-state index in [2.05, 4.69) is 0 Å². The SMILES string of the molecule is Cc1c(C(=O)[C@@H](N)CCC(=O)O)c(=O)n(-c2ccccc2)n1C. The highest BCUT2D eigenvalue weighted by Crippen LogP contribution is 2.12. The Morgan fingerprint density at radius 3 is 2.43 bits per heavy atom. The van der Waals surface area contributed by atoms with Gasteiger partial charge in [-0.1, -0.05) is 18.2 Å². The zero-order valence-corrected chi connectivity index (χ0v) is 13.0. The van der Waals surface area contributed by atoms with E-state index in [1.54, 1.807) is 42.9 Å². The van der Waals surface area contributed by atoms with Crippen LogP contribution in [-0.4, -0.2) is 32.3 Å². The fraction of sp³-hybridized carbons (Fsp3) is 0.312. The van der Waals surface area contributed by atoms with Crippen molar-refractivity contribution >= 4 is 11.8 Å². The topological polar surface area (TPSA) is 107 Å². The van der Waals surface area contributed by atoms with Gasteiger partial charge in [0.25, 0.3) is 5.56 Å². The van der Waals surface area contributed by atoms with Crippen LogP contribution in [0.3, 0.4) is 0 Å². The van der Waals surface area contributed by atoms with Crippen molar-refractivity contribution in [2.75, 3.05) is 0 Å². The van der Waals surface area contributed by atoms with Crippen molar-refractivity contribution in [2.24, 2.45) is 12.8 Å². The average molecular weight is 317 g/mol. The second-order valence-corrected chi connectivity index (χ2v) is 5.34. The first kappa shape index (κ1) is 16.7. The number of benzene rings is 1. The zero-order valence-electron chi connectivity index (χ0n) is 13.0. The molecule has 2 aromatic rings. The number of carboxylic acid groups (broad SMARTS) is 1. The number of carbonyl (C=O) groups excluding carboxylic acids is 1. The van der Waals surface area contributed by atoms with Gasteiger partial charge >= 0.3 is 5.97 Å². The molecule has 0 amide bonds. The van der Waals surface area contributed by atoms with Gasteiger partial charge in [-0.2, -0.15) is 0 Å². The minimum absolute atomic E-state index is 0.00667. The van der Waals surface area contributed by atoms with Gasteiger partial charge in [0.1, 0.15) is 5.56 Å². The molecule has 0 unspecified atom stereocenters. The van der Waals surface area contributed by atoms with Crippen LogP contribution >= 0.6 is 0 Å². The molecule has 122 valence electrons. The molecule has 1 aromatic carbocycles. The van der Waals surface area contributed by atoms with Crippen LogP contribution in [0.25, 0.3) is 5.69 Å². The second kappa shape index (κ2) is 6.62. The standard InChI is InChI=1S/C16H19N3O4/c1-10-14(15(22)12(17)8-9-13(20)21)16(23)19(18(10)2)11-6-4-3-5-7-11/h3-7,12H,8-9,17H2,1-2H3,(H,20,21)/t12-/m0/s1. The van der Waals surface area contributed by atoms with Crippen LogP contribution in [-0.2, 0) is 11.8 Å². The Kier molecular flexibility index (Phi) is 4.80. The molecule has 3 N–H and O–H groups in total. The fourth-order valence-electron chi connectivity index (χ4n) is 2.45. The van der Waals surface area contributed by atoms with Crippen molar-refractivity contribution in [3.8, 4) is 5.69 Å². The van der Waals surface area contributed by atoms with E-state index in [0.29, 0.717) is 11.4 Å². The van der Waals surface area contributed by atoms with Crippen LogP contribution in [0.1, 0.15) is 28.9 Å². The summed E-state index contributed by atoms with van der Waals surface area (Å²) in [7, 11) is 1.68. The van der Waals surface area contributed by atoms with Crippen molar-refractivity contribution in [3.05, 3.63) is 51.9 Å². The van der Waals surface area contributed by atoms with Crippen LogP contribution in [0.2, 0.25) is 0 Å². The maximum atomic E-state index is 12.6. The number of ketones is 1. The number of rotatable bonds is 6. The summed E-state index contributed by atoms with van der Waals surface area (Å²) in [4.78, 5) is 35.7. The van der Waals surface area contributed by atoms with Gasteiger partial charge in [0, 0.05) is 19.2 Å². The number of carbonyl (C=O) groups is 2. The van der Waals surface area contributed by atoms with Gasteiger partial charge in [0.05, 0.1) is 11.7 Å². The van der Waals surface area contributed by atoms with Crippen molar-refractivity contribution in [3.63, 3.8) is 0 Å². The first-order valence-electron chi connectivity index (χ1n) is 7.20. The van der Waals surface area contributed by atoms with Crippen LogP contribution in [0.4, 0.5) is 0 Å². The molecule has 2 rings (SSSR count). The Bertz CT molecular complexity index is 790. The summed E-state index contributed by atoms with van der Waals surface area (Å²) < 4.78 is 2.99. The minimum Gasteiger partial charge on any atom is -0.481 e. The van der Waals surface area contributed by atoms with Crippen molar-refractivity contribution in [1.29, 1.82) is 0 Å². The highest BCUT2D eigenvalue weighted by molar-refractivity contribution is 6.00. The van der Waals surface area contributed by atoms with Crippen molar-refractivity contribution in [1.82, 2.24) is 9.36 Å². The molecule has 0 saturated heterocycles. The third kappa shape index (κ3) is 3.24. The molecular formula is C16H19N3O4. The summed E-state index contributed by atoms with van der Waals surface area (Å²) in [6, 6.07) is 7.94. The molecule has 1 heterocycles. The predicted octanol–water partition coefficient (Wildman–Crippen LogP) is 0.859. The third-order valence-corrected chi connectivity index (χ3v) is 3.81. The van der Waals surface area contributed by atoms with Crippen molar-refractivity contribution in [2.45, 2.75) is 25.8 Å². The number of carboxylic acids is 1. The summed E-state index contributed by atoms with van der Waals surface area (Å²) in [5.41, 5.74) is 6.45. The van der Waals surface area contributed by atoms with E-state index in [4.69, 9.17) is 10.8 Å². The van der Waals surface area contributed by atoms with E-state index in [9.17, 15) is 14.4 Å². The number of nitrogens with two attached hydrogens (primary N) is 1. The lowest BCUT2D eigenvalue weighted by Gasteiger charge is -2.08. The monoisotopic (exact) mass is 317 g/mol. The lowest BCUT2D eigenvalue weighted by atomic mass is 10.0. The van der Waals surface area contributed by atoms with E-state index in [-0.39, 0.29) is 18.4 Å². The summed E-state index contributed by atoms with van der Waals surface area (Å²) in [5, 5.41) is 8.68. The number of aromatic nitrogens is 2. The minimum atomic E-state index is -1.03. The first-order chi connectivity index (χ1) is 10.8. The molecule has 0 bridgehead atoms. The van der Waals surface area contributed by atoms with Crippen LogP contribution < -0.4 is 11.3 Å². The van der Waals surface area contributed by atoms with Gasteiger partial charge in [-0.05, 0) is 25.5 Å². The van der Waals surface area contributed by atoms with Crippen LogP contribution in [0, 0.1) is 6.92 Å². The first-order valence-corrected chi connectivity index (χ1v) is 7.20. The van der Waals surface area contributed by atoms with Gasteiger partial charge in [-0.15, -0.1) is 0 Å². The average Bonchev–Trinajstić information content (AvgIpc) is 2.75. The molecule has 0 radical (unpaired) electrons. The maximum absolute atomic E-state index is 12.6. The van der Waals surface area contributed by atoms with Gasteiger partial charge in [-0.3, -0.25) is 19.1 Å². The van der Waals surface area contributed by atoms with Gasteiger partial charge < -0.3 is 10.8 Å². The normalized spacial score (nSPS) is 12.1. The molecule has 1 atom stereocenters. The molecule has 1 aromatic heterocycles. The van der Waals surface area contributed by atoms with Crippen molar-refractivity contribution < 1.29 is 14.7 Å². The van der Waals surface area contributed by atoms with E-state index < -0.39 is 23.4 Å². The summed E-state index contributed by atoms with van der Waals surface area (Å²) >= 11 is 0. The number of Topliss-reactive ketones (excluding diaryl/α,β-unsaturated/α-hetero) is 1. The Hall–Kier alpha value is -2.67. The highest BCUT2D eigenvalue weighted by Gasteiger charge is 2.26. The molecule has 0 spiro atoms. The molecule has 7 nitrogen and oxygen atoms in total. The quantitative estimate of drug-likeness (QED) is 0.768. The summed E-state index contributed by atoms with van der Waals surface area (Å²) in [6.45, 7) is 1.66.